The number of fused-ring (bicyclic) bond motifs is 3. The minimum Gasteiger partial charge on any atom is -0.451 e. The zero-order valence-corrected chi connectivity index (χ0v) is 13.3. The first-order chi connectivity index (χ1) is 11.4. The van der Waals surface area contributed by atoms with Crippen molar-refractivity contribution in [3.05, 3.63) is 36.4 Å². The van der Waals surface area contributed by atoms with Crippen LogP contribution < -0.4 is 0 Å². The Hall–Kier alpha value is -2.48. The van der Waals surface area contributed by atoms with E-state index in [1.165, 1.54) is 0 Å². The third-order valence-electron chi connectivity index (χ3n) is 3.50. The van der Waals surface area contributed by atoms with Gasteiger partial charge in [0.05, 0.1) is 5.75 Å². The quantitative estimate of drug-likeness (QED) is 0.412. The summed E-state index contributed by atoms with van der Waals surface area (Å²) in [5.41, 5.74) is 2.38. The van der Waals surface area contributed by atoms with Crippen molar-refractivity contribution in [3.63, 3.8) is 0 Å². The Morgan fingerprint density at radius 2 is 2.13 bits per heavy atom. The average molecular weight is 326 g/mol. The van der Waals surface area contributed by atoms with Crippen LogP contribution in [0.1, 0.15) is 19.2 Å². The summed E-state index contributed by atoms with van der Waals surface area (Å²) in [6.07, 6.45) is 2.56. The normalized spacial score (nSPS) is 11.5. The van der Waals surface area contributed by atoms with E-state index in [9.17, 15) is 0 Å². The van der Waals surface area contributed by atoms with Gasteiger partial charge in [-0.05, 0) is 29.0 Å². The van der Waals surface area contributed by atoms with Crippen molar-refractivity contribution >= 4 is 33.8 Å². The lowest BCUT2D eigenvalue weighted by Gasteiger charge is -2.02. The van der Waals surface area contributed by atoms with Crippen LogP contribution in [0.5, 0.6) is 0 Å². The van der Waals surface area contributed by atoms with Crippen LogP contribution in [0.15, 0.2) is 40.0 Å². The molecule has 4 aromatic rings. The van der Waals surface area contributed by atoms with Gasteiger partial charge in [0.2, 0.25) is 0 Å². The molecule has 1 aromatic carbocycles. The standard InChI is InChI=1S/C15H14N6OS/c1-2-7-21-12(18-19-20-21)8-23-15-14-13(16-9-17-15)10-5-3-4-6-11(10)22-14/h3-6,9H,2,7-8H2,1H3. The van der Waals surface area contributed by atoms with E-state index in [1.807, 2.05) is 28.9 Å². The number of thioether (sulfide) groups is 1. The van der Waals surface area contributed by atoms with Crippen LogP contribution in [0.25, 0.3) is 22.1 Å². The minimum atomic E-state index is 0.635. The lowest BCUT2D eigenvalue weighted by atomic mass is 10.2. The van der Waals surface area contributed by atoms with E-state index >= 15 is 0 Å². The lowest BCUT2D eigenvalue weighted by Crippen LogP contribution is -2.04. The molecule has 0 saturated carbocycles. The third-order valence-corrected chi connectivity index (χ3v) is 4.47. The van der Waals surface area contributed by atoms with Crippen LogP contribution in [0, 0.1) is 0 Å². The van der Waals surface area contributed by atoms with Crippen LogP contribution in [0.4, 0.5) is 0 Å². The van der Waals surface area contributed by atoms with E-state index in [1.54, 1.807) is 18.1 Å². The van der Waals surface area contributed by atoms with Crippen molar-refractivity contribution in [2.24, 2.45) is 0 Å². The molecule has 4 rings (SSSR count). The lowest BCUT2D eigenvalue weighted by molar-refractivity contribution is 0.564. The van der Waals surface area contributed by atoms with Gasteiger partial charge >= 0.3 is 0 Å². The van der Waals surface area contributed by atoms with Crippen LogP contribution in [-0.4, -0.2) is 30.2 Å². The molecule has 116 valence electrons. The summed E-state index contributed by atoms with van der Waals surface area (Å²) in [6, 6.07) is 7.87. The van der Waals surface area contributed by atoms with E-state index in [0.29, 0.717) is 11.3 Å². The second-order valence-corrected chi connectivity index (χ2v) is 6.03. The van der Waals surface area contributed by atoms with E-state index in [-0.39, 0.29) is 0 Å². The fraction of sp³-hybridized carbons (Fsp3) is 0.267. The van der Waals surface area contributed by atoms with Gasteiger partial charge in [0, 0.05) is 11.9 Å². The maximum atomic E-state index is 5.93. The fourth-order valence-electron chi connectivity index (χ4n) is 2.45. The van der Waals surface area contributed by atoms with E-state index in [4.69, 9.17) is 4.42 Å². The molecular weight excluding hydrogens is 312 g/mol. The first-order valence-corrected chi connectivity index (χ1v) is 8.35. The summed E-state index contributed by atoms with van der Waals surface area (Å²) in [5, 5.41) is 13.6. The number of rotatable bonds is 5. The maximum absolute atomic E-state index is 5.93. The molecule has 3 aromatic heterocycles. The van der Waals surface area contributed by atoms with Crippen molar-refractivity contribution in [1.82, 2.24) is 30.2 Å². The average Bonchev–Trinajstić information content (AvgIpc) is 3.17. The second-order valence-electron chi connectivity index (χ2n) is 5.06. The van der Waals surface area contributed by atoms with Gasteiger partial charge in [-0.3, -0.25) is 0 Å². The zero-order valence-electron chi connectivity index (χ0n) is 12.5. The summed E-state index contributed by atoms with van der Waals surface area (Å²) >= 11 is 1.55. The number of nitrogens with zero attached hydrogens (tertiary/aromatic N) is 6. The molecule has 0 bridgehead atoms. The zero-order chi connectivity index (χ0) is 15.6. The van der Waals surface area contributed by atoms with Crippen molar-refractivity contribution in [3.8, 4) is 0 Å². The van der Waals surface area contributed by atoms with Gasteiger partial charge in [-0.2, -0.15) is 0 Å². The highest BCUT2D eigenvalue weighted by Gasteiger charge is 2.14. The molecule has 0 fully saturated rings. The van der Waals surface area contributed by atoms with Crippen LogP contribution in [0.2, 0.25) is 0 Å². The Balaban J connectivity index is 1.67. The molecule has 8 heteroatoms. The first-order valence-electron chi connectivity index (χ1n) is 7.37. The molecule has 0 amide bonds. The Labute approximate surface area is 136 Å². The van der Waals surface area contributed by atoms with Crippen LogP contribution >= 0.6 is 11.8 Å². The summed E-state index contributed by atoms with van der Waals surface area (Å²) < 4.78 is 7.75. The van der Waals surface area contributed by atoms with Gasteiger partial charge in [0.25, 0.3) is 0 Å². The van der Waals surface area contributed by atoms with Gasteiger partial charge in [-0.1, -0.05) is 30.8 Å². The maximum Gasteiger partial charge on any atom is 0.186 e. The highest BCUT2D eigenvalue weighted by atomic mass is 32.2. The Kier molecular flexibility index (Phi) is 3.66. The fourth-order valence-corrected chi connectivity index (χ4v) is 3.31. The summed E-state index contributed by atoms with van der Waals surface area (Å²) in [7, 11) is 0. The third kappa shape index (κ3) is 2.55. The summed E-state index contributed by atoms with van der Waals surface area (Å²) in [5.74, 6) is 1.47. The van der Waals surface area contributed by atoms with Crippen LogP contribution in [0.3, 0.4) is 0 Å². The molecule has 0 aliphatic rings. The van der Waals surface area contributed by atoms with E-state index < -0.39 is 0 Å². The van der Waals surface area contributed by atoms with E-state index in [0.717, 1.165) is 40.3 Å². The summed E-state index contributed by atoms with van der Waals surface area (Å²) in [6.45, 7) is 2.91. The molecule has 7 nitrogen and oxygen atoms in total. The van der Waals surface area contributed by atoms with Gasteiger partial charge in [-0.25, -0.2) is 14.6 Å². The Bertz CT molecular complexity index is 963. The smallest absolute Gasteiger partial charge is 0.186 e. The molecule has 0 radical (unpaired) electrons. The van der Waals surface area contributed by atoms with Gasteiger partial charge in [0.1, 0.15) is 22.5 Å². The van der Waals surface area contributed by atoms with Crippen molar-refractivity contribution in [1.29, 1.82) is 0 Å². The molecule has 0 saturated heterocycles. The highest BCUT2D eigenvalue weighted by molar-refractivity contribution is 7.98. The first kappa shape index (κ1) is 14.1. The monoisotopic (exact) mass is 326 g/mol. The topological polar surface area (TPSA) is 82.5 Å². The molecule has 0 N–H and O–H groups in total. The molecule has 0 unspecified atom stereocenters. The molecule has 3 heterocycles. The number of furan rings is 1. The summed E-state index contributed by atoms with van der Waals surface area (Å²) in [4.78, 5) is 8.72. The van der Waals surface area contributed by atoms with Gasteiger partial charge in [0.15, 0.2) is 11.4 Å². The molecule has 0 atom stereocenters. The minimum absolute atomic E-state index is 0.635. The van der Waals surface area contributed by atoms with Gasteiger partial charge < -0.3 is 4.42 Å². The molecular formula is C15H14N6OS. The highest BCUT2D eigenvalue weighted by Crippen LogP contribution is 2.33. The number of tetrazole rings is 1. The molecule has 23 heavy (non-hydrogen) atoms. The number of benzene rings is 1. The Morgan fingerprint density at radius 3 is 3.04 bits per heavy atom. The van der Waals surface area contributed by atoms with Crippen molar-refractivity contribution in [2.75, 3.05) is 0 Å². The predicted molar refractivity (Wildman–Crippen MR) is 87.0 cm³/mol. The number of hydrogen-bond donors (Lipinski definition) is 0. The van der Waals surface area contributed by atoms with E-state index in [2.05, 4.69) is 32.4 Å². The number of aryl methyl sites for hydroxylation is 1. The SMILES string of the molecule is CCCn1nnnc1CSc1ncnc2c1oc1ccccc12. The van der Waals surface area contributed by atoms with Crippen LogP contribution in [-0.2, 0) is 12.3 Å². The molecule has 0 aliphatic heterocycles. The number of para-hydroxylation sites is 1. The number of aromatic nitrogens is 6. The van der Waals surface area contributed by atoms with Crippen molar-refractivity contribution in [2.45, 2.75) is 30.7 Å². The number of hydrogen-bond acceptors (Lipinski definition) is 7. The largest absolute Gasteiger partial charge is 0.451 e. The predicted octanol–water partition coefficient (Wildman–Crippen LogP) is 3.06. The molecule has 0 aliphatic carbocycles. The van der Waals surface area contributed by atoms with Gasteiger partial charge in [-0.15, -0.1) is 5.10 Å². The second kappa shape index (κ2) is 5.96. The van der Waals surface area contributed by atoms with Crippen molar-refractivity contribution < 1.29 is 4.42 Å². The molecule has 0 spiro atoms. The Morgan fingerprint density at radius 1 is 1.22 bits per heavy atom.